The summed E-state index contributed by atoms with van der Waals surface area (Å²) in [5, 5.41) is 8.42. The molecule has 4 rings (SSSR count). The zero-order valence-electron chi connectivity index (χ0n) is 15.6. The first kappa shape index (κ1) is 21.1. The topological polar surface area (TPSA) is 77.7 Å². The van der Waals surface area contributed by atoms with Gasteiger partial charge in [0.1, 0.15) is 10.8 Å². The molecule has 0 amide bonds. The minimum absolute atomic E-state index is 0.0310. The van der Waals surface area contributed by atoms with Gasteiger partial charge in [-0.3, -0.25) is 4.57 Å². The van der Waals surface area contributed by atoms with Gasteiger partial charge in [0.05, 0.1) is 4.90 Å². The van der Waals surface area contributed by atoms with Gasteiger partial charge >= 0.3 is 6.18 Å². The zero-order chi connectivity index (χ0) is 22.4. The molecule has 0 aliphatic carbocycles. The molecule has 0 spiro atoms. The highest BCUT2D eigenvalue weighted by atomic mass is 32.2. The van der Waals surface area contributed by atoms with Crippen molar-refractivity contribution in [2.75, 3.05) is 6.26 Å². The van der Waals surface area contributed by atoms with Crippen LogP contribution in [-0.4, -0.2) is 34.4 Å². The number of nitrogens with zero attached hydrogens (tertiary/aromatic N) is 4. The second kappa shape index (κ2) is 7.54. The lowest BCUT2D eigenvalue weighted by molar-refractivity contribution is -0.140. The maximum atomic E-state index is 13.3. The van der Waals surface area contributed by atoms with Crippen molar-refractivity contribution < 1.29 is 26.0 Å². The molecule has 4 aromatic rings. The average molecular weight is 468 g/mol. The molecule has 0 radical (unpaired) electrons. The Morgan fingerprint density at radius 3 is 2.13 bits per heavy atom. The Bertz CT molecular complexity index is 1340. The number of hydrogen-bond acceptors (Lipinski definition) is 6. The number of benzene rings is 2. The molecule has 2 heterocycles. The van der Waals surface area contributed by atoms with Crippen molar-refractivity contribution in [3.63, 3.8) is 0 Å². The maximum absolute atomic E-state index is 13.3. The second-order valence-electron chi connectivity index (χ2n) is 6.50. The van der Waals surface area contributed by atoms with Crippen LogP contribution in [0.3, 0.4) is 0 Å². The van der Waals surface area contributed by atoms with Gasteiger partial charge in [-0.25, -0.2) is 17.8 Å². The Morgan fingerprint density at radius 2 is 1.55 bits per heavy atom. The highest BCUT2D eigenvalue weighted by Crippen LogP contribution is 2.35. The van der Waals surface area contributed by atoms with Gasteiger partial charge in [-0.05, 0) is 48.5 Å². The monoisotopic (exact) mass is 468 g/mol. The molecule has 31 heavy (non-hydrogen) atoms. The van der Waals surface area contributed by atoms with Crippen molar-refractivity contribution >= 4 is 21.2 Å². The first-order valence-electron chi connectivity index (χ1n) is 8.59. The van der Waals surface area contributed by atoms with Gasteiger partial charge in [0.15, 0.2) is 26.4 Å². The van der Waals surface area contributed by atoms with E-state index in [0.717, 1.165) is 23.8 Å². The van der Waals surface area contributed by atoms with E-state index < -0.39 is 27.5 Å². The van der Waals surface area contributed by atoms with Gasteiger partial charge in [0.25, 0.3) is 0 Å². The SMILES string of the molecule is CS(=O)(=O)c1ccc(-n2cc(C(F)(F)F)nc2-c2nnc(-c3ccc(F)cc3)s2)cc1. The summed E-state index contributed by atoms with van der Waals surface area (Å²) in [6.45, 7) is 0. The first-order valence-corrected chi connectivity index (χ1v) is 11.3. The van der Waals surface area contributed by atoms with Crippen LogP contribution in [0, 0.1) is 5.82 Å². The molecule has 0 saturated heterocycles. The van der Waals surface area contributed by atoms with Crippen molar-refractivity contribution in [2.45, 2.75) is 11.1 Å². The summed E-state index contributed by atoms with van der Waals surface area (Å²) in [5.41, 5.74) is -0.311. The lowest BCUT2D eigenvalue weighted by atomic mass is 10.2. The molecule has 0 atom stereocenters. The molecule has 0 bridgehead atoms. The molecule has 2 aromatic heterocycles. The molecule has 6 nitrogen and oxygen atoms in total. The molecule has 0 fully saturated rings. The van der Waals surface area contributed by atoms with Crippen LogP contribution >= 0.6 is 11.3 Å². The van der Waals surface area contributed by atoms with E-state index in [0.29, 0.717) is 10.6 Å². The number of hydrogen-bond donors (Lipinski definition) is 0. The molecule has 0 unspecified atom stereocenters. The van der Waals surface area contributed by atoms with E-state index in [-0.39, 0.29) is 21.4 Å². The Balaban J connectivity index is 1.81. The smallest absolute Gasteiger partial charge is 0.297 e. The van der Waals surface area contributed by atoms with Gasteiger partial charge in [-0.2, -0.15) is 13.2 Å². The summed E-state index contributed by atoms with van der Waals surface area (Å²) in [6.07, 6.45) is -2.86. The van der Waals surface area contributed by atoms with E-state index in [1.54, 1.807) is 0 Å². The van der Waals surface area contributed by atoms with E-state index in [1.807, 2.05) is 0 Å². The van der Waals surface area contributed by atoms with Crippen molar-refractivity contribution in [2.24, 2.45) is 0 Å². The van der Waals surface area contributed by atoms with Gasteiger partial charge in [-0.15, -0.1) is 10.2 Å². The van der Waals surface area contributed by atoms with Gasteiger partial charge < -0.3 is 0 Å². The van der Waals surface area contributed by atoms with Crippen LogP contribution in [0.5, 0.6) is 0 Å². The molecule has 160 valence electrons. The van der Waals surface area contributed by atoms with Crippen LogP contribution in [0.2, 0.25) is 0 Å². The van der Waals surface area contributed by atoms with Crippen LogP contribution < -0.4 is 0 Å². The molecule has 0 aliphatic rings. The number of sulfone groups is 1. The molecular formula is C19H12F4N4O2S2. The quantitative estimate of drug-likeness (QED) is 0.409. The van der Waals surface area contributed by atoms with Crippen LogP contribution in [0.4, 0.5) is 17.6 Å². The number of alkyl halides is 3. The maximum Gasteiger partial charge on any atom is 0.434 e. The number of halogens is 4. The number of aromatic nitrogens is 4. The van der Waals surface area contributed by atoms with E-state index in [1.165, 1.54) is 53.1 Å². The Hall–Kier alpha value is -3.12. The molecule has 0 N–H and O–H groups in total. The van der Waals surface area contributed by atoms with E-state index in [9.17, 15) is 26.0 Å². The third-order valence-electron chi connectivity index (χ3n) is 4.25. The van der Waals surface area contributed by atoms with Crippen LogP contribution in [0.25, 0.3) is 27.1 Å². The third kappa shape index (κ3) is 4.35. The normalized spacial score (nSPS) is 12.3. The summed E-state index contributed by atoms with van der Waals surface area (Å²) in [4.78, 5) is 3.72. The Morgan fingerprint density at radius 1 is 0.935 bits per heavy atom. The Kier molecular flexibility index (Phi) is 5.13. The molecule has 2 aromatic carbocycles. The summed E-state index contributed by atoms with van der Waals surface area (Å²) < 4.78 is 77.6. The lowest BCUT2D eigenvalue weighted by Gasteiger charge is -2.06. The summed E-state index contributed by atoms with van der Waals surface area (Å²) in [7, 11) is -3.46. The largest absolute Gasteiger partial charge is 0.434 e. The fourth-order valence-electron chi connectivity index (χ4n) is 2.74. The van der Waals surface area contributed by atoms with Crippen molar-refractivity contribution in [1.29, 1.82) is 0 Å². The minimum atomic E-state index is -4.70. The van der Waals surface area contributed by atoms with E-state index in [2.05, 4.69) is 15.2 Å². The fraction of sp³-hybridized carbons (Fsp3) is 0.105. The molecule has 12 heteroatoms. The fourth-order valence-corrected chi connectivity index (χ4v) is 4.21. The van der Waals surface area contributed by atoms with Crippen LogP contribution in [0.15, 0.2) is 59.6 Å². The lowest BCUT2D eigenvalue weighted by Crippen LogP contribution is -2.05. The highest BCUT2D eigenvalue weighted by Gasteiger charge is 2.35. The van der Waals surface area contributed by atoms with Crippen LogP contribution in [0.1, 0.15) is 5.69 Å². The van der Waals surface area contributed by atoms with Crippen molar-refractivity contribution in [3.8, 4) is 27.1 Å². The summed E-state index contributed by atoms with van der Waals surface area (Å²) >= 11 is 0.994. The second-order valence-corrected chi connectivity index (χ2v) is 9.50. The minimum Gasteiger partial charge on any atom is -0.297 e. The summed E-state index contributed by atoms with van der Waals surface area (Å²) in [6, 6.07) is 10.8. The average Bonchev–Trinajstić information content (AvgIpc) is 3.35. The number of rotatable bonds is 4. The Labute approximate surface area is 177 Å². The summed E-state index contributed by atoms with van der Waals surface area (Å²) in [5.74, 6) is -0.540. The van der Waals surface area contributed by atoms with E-state index in [4.69, 9.17) is 0 Å². The predicted octanol–water partition coefficient (Wildman–Crippen LogP) is 4.62. The molecule has 0 saturated carbocycles. The van der Waals surface area contributed by atoms with Gasteiger partial charge in [-0.1, -0.05) is 11.3 Å². The van der Waals surface area contributed by atoms with Gasteiger partial charge in [0, 0.05) is 23.7 Å². The standard InChI is InChI=1S/C19H12F4N4O2S2/c1-31(28,29)14-8-6-13(7-9-14)27-10-15(19(21,22)23)24-16(27)18-26-25-17(30-18)11-2-4-12(20)5-3-11/h2-10H,1H3. The van der Waals surface area contributed by atoms with Gasteiger partial charge in [0.2, 0.25) is 0 Å². The zero-order valence-corrected chi connectivity index (χ0v) is 17.3. The third-order valence-corrected chi connectivity index (χ3v) is 6.34. The molecular weight excluding hydrogens is 456 g/mol. The van der Waals surface area contributed by atoms with Crippen molar-refractivity contribution in [3.05, 3.63) is 66.2 Å². The van der Waals surface area contributed by atoms with Crippen LogP contribution in [-0.2, 0) is 16.0 Å². The number of imidazole rings is 1. The first-order chi connectivity index (χ1) is 14.5. The highest BCUT2D eigenvalue weighted by molar-refractivity contribution is 7.90. The predicted molar refractivity (Wildman–Crippen MR) is 106 cm³/mol. The van der Waals surface area contributed by atoms with E-state index >= 15 is 0 Å². The molecule has 0 aliphatic heterocycles. The van der Waals surface area contributed by atoms with Crippen molar-refractivity contribution in [1.82, 2.24) is 19.7 Å².